The average molecular weight is 162 g/mol. The highest BCUT2D eigenvalue weighted by atomic mass is 16.1. The first-order valence-corrected chi connectivity index (χ1v) is 3.40. The lowest BCUT2D eigenvalue weighted by atomic mass is 10.3. The number of nitrogens with zero attached hydrogens (tertiary/aromatic N) is 2. The largest absolute Gasteiger partial charge is 0.351 e. The fourth-order valence-electron chi connectivity index (χ4n) is 0.961. The van der Waals surface area contributed by atoms with Gasteiger partial charge in [-0.25, -0.2) is 0 Å². The van der Waals surface area contributed by atoms with E-state index in [9.17, 15) is 4.79 Å². The summed E-state index contributed by atoms with van der Waals surface area (Å²) in [4.78, 5) is 13.2. The molecule has 0 aliphatic rings. The minimum absolute atomic E-state index is 0.535. The van der Waals surface area contributed by atoms with Crippen molar-refractivity contribution in [3.05, 3.63) is 24.0 Å². The Hall–Kier alpha value is -1.91. The molecule has 2 rings (SSSR count). The molecule has 0 saturated carbocycles. The van der Waals surface area contributed by atoms with Crippen molar-refractivity contribution in [3.8, 4) is 11.4 Å². The van der Waals surface area contributed by atoms with Crippen LogP contribution in [-0.4, -0.2) is 26.7 Å². The first kappa shape index (κ1) is 6.78. The van der Waals surface area contributed by atoms with Crippen molar-refractivity contribution in [2.45, 2.75) is 0 Å². The van der Waals surface area contributed by atoms with Gasteiger partial charge in [-0.3, -0.25) is 4.79 Å². The van der Waals surface area contributed by atoms with Gasteiger partial charge in [0.05, 0.1) is 17.6 Å². The maximum Gasteiger partial charge on any atom is 0.166 e. The van der Waals surface area contributed by atoms with E-state index in [1.54, 1.807) is 18.3 Å². The van der Waals surface area contributed by atoms with Crippen LogP contribution in [0.15, 0.2) is 18.3 Å². The van der Waals surface area contributed by atoms with Gasteiger partial charge in [0.25, 0.3) is 0 Å². The monoisotopic (exact) mass is 162 g/mol. The molecule has 0 aromatic carbocycles. The third kappa shape index (κ3) is 1.01. The van der Waals surface area contributed by atoms with Crippen molar-refractivity contribution in [3.63, 3.8) is 0 Å². The molecule has 0 aliphatic carbocycles. The smallest absolute Gasteiger partial charge is 0.166 e. The third-order valence-electron chi connectivity index (χ3n) is 1.53. The van der Waals surface area contributed by atoms with Gasteiger partial charge < -0.3 is 4.98 Å². The van der Waals surface area contributed by atoms with Gasteiger partial charge in [-0.05, 0) is 12.1 Å². The minimum atomic E-state index is 0.535. The molecule has 0 spiro atoms. The molecule has 5 nitrogen and oxygen atoms in total. The Bertz CT molecular complexity index is 376. The molecule has 60 valence electrons. The molecule has 0 amide bonds. The van der Waals surface area contributed by atoms with Crippen LogP contribution in [0.1, 0.15) is 10.5 Å². The molecule has 0 fully saturated rings. The number of carbonyl (C=O) groups excluding carboxylic acids is 1. The molecule has 0 atom stereocenters. The quantitative estimate of drug-likeness (QED) is 0.635. The molecular formula is C7H6N4O. The zero-order chi connectivity index (χ0) is 8.39. The number of nitrogens with one attached hydrogen (secondary N) is 2. The second kappa shape index (κ2) is 2.61. The Morgan fingerprint density at radius 1 is 1.42 bits per heavy atom. The van der Waals surface area contributed by atoms with Crippen molar-refractivity contribution >= 4 is 6.29 Å². The van der Waals surface area contributed by atoms with E-state index in [1.165, 1.54) is 0 Å². The van der Waals surface area contributed by atoms with Crippen LogP contribution < -0.4 is 0 Å². The van der Waals surface area contributed by atoms with E-state index in [4.69, 9.17) is 0 Å². The van der Waals surface area contributed by atoms with Crippen LogP contribution in [0.3, 0.4) is 0 Å². The van der Waals surface area contributed by atoms with Crippen LogP contribution in [0, 0.1) is 0 Å². The lowest BCUT2D eigenvalue weighted by Crippen LogP contribution is -1.80. The Kier molecular flexibility index (Phi) is 1.48. The topological polar surface area (TPSA) is 74.4 Å². The molecule has 5 heteroatoms. The van der Waals surface area contributed by atoms with E-state index in [0.29, 0.717) is 11.4 Å². The van der Waals surface area contributed by atoms with Crippen LogP contribution in [0.2, 0.25) is 0 Å². The summed E-state index contributed by atoms with van der Waals surface area (Å²) >= 11 is 0. The summed E-state index contributed by atoms with van der Waals surface area (Å²) in [6, 6.07) is 3.47. The van der Waals surface area contributed by atoms with E-state index in [0.717, 1.165) is 12.0 Å². The summed E-state index contributed by atoms with van der Waals surface area (Å²) in [6.45, 7) is 0. The number of aromatic nitrogens is 4. The van der Waals surface area contributed by atoms with Gasteiger partial charge in [0, 0.05) is 0 Å². The molecule has 2 N–H and O–H groups in total. The van der Waals surface area contributed by atoms with Gasteiger partial charge in [0.15, 0.2) is 6.29 Å². The van der Waals surface area contributed by atoms with Crippen LogP contribution >= 0.6 is 0 Å². The average Bonchev–Trinajstić information content (AvgIpc) is 2.75. The number of aromatic amines is 2. The van der Waals surface area contributed by atoms with Gasteiger partial charge in [0.1, 0.15) is 5.69 Å². The Balaban J connectivity index is 2.41. The lowest BCUT2D eigenvalue weighted by Gasteiger charge is -1.85. The maximum absolute atomic E-state index is 10.3. The first-order valence-electron chi connectivity index (χ1n) is 3.40. The Labute approximate surface area is 67.8 Å². The normalized spacial score (nSPS) is 10.0. The molecule has 2 heterocycles. The summed E-state index contributed by atoms with van der Waals surface area (Å²) < 4.78 is 0. The molecule has 0 radical (unpaired) electrons. The predicted octanol–water partition coefficient (Wildman–Crippen LogP) is 0.612. The van der Waals surface area contributed by atoms with Crippen molar-refractivity contribution in [1.82, 2.24) is 20.4 Å². The number of H-pyrrole nitrogens is 2. The van der Waals surface area contributed by atoms with E-state index >= 15 is 0 Å². The fraction of sp³-hybridized carbons (Fsp3) is 0. The summed E-state index contributed by atoms with van der Waals surface area (Å²) in [5, 5.41) is 9.99. The molecular weight excluding hydrogens is 156 g/mol. The van der Waals surface area contributed by atoms with E-state index in [2.05, 4.69) is 20.4 Å². The summed E-state index contributed by atoms with van der Waals surface area (Å²) in [5.41, 5.74) is 2.02. The highest BCUT2D eigenvalue weighted by Gasteiger charge is 2.02. The van der Waals surface area contributed by atoms with Crippen molar-refractivity contribution in [2.24, 2.45) is 0 Å². The molecule has 0 unspecified atom stereocenters. The molecule has 12 heavy (non-hydrogen) atoms. The zero-order valence-electron chi connectivity index (χ0n) is 6.11. The molecule has 2 aromatic heterocycles. The summed E-state index contributed by atoms with van der Waals surface area (Å²) in [6.07, 6.45) is 2.34. The molecule has 0 aliphatic heterocycles. The van der Waals surface area contributed by atoms with Crippen LogP contribution in [0.5, 0.6) is 0 Å². The van der Waals surface area contributed by atoms with Crippen molar-refractivity contribution < 1.29 is 4.79 Å². The SMILES string of the molecule is O=Cc1ccc(-c2cn[nH]n2)[nH]1. The molecule has 2 aromatic rings. The number of aldehydes is 1. The van der Waals surface area contributed by atoms with Gasteiger partial charge in [-0.1, -0.05) is 0 Å². The number of hydrogen-bond acceptors (Lipinski definition) is 3. The predicted molar refractivity (Wildman–Crippen MR) is 41.6 cm³/mol. The van der Waals surface area contributed by atoms with E-state index < -0.39 is 0 Å². The van der Waals surface area contributed by atoms with Gasteiger partial charge >= 0.3 is 0 Å². The van der Waals surface area contributed by atoms with Gasteiger partial charge in [0.2, 0.25) is 0 Å². The number of rotatable bonds is 2. The van der Waals surface area contributed by atoms with E-state index in [1.807, 2.05) is 0 Å². The maximum atomic E-state index is 10.3. The van der Waals surface area contributed by atoms with E-state index in [-0.39, 0.29) is 0 Å². The second-order valence-electron chi connectivity index (χ2n) is 2.30. The number of hydrogen-bond donors (Lipinski definition) is 2. The van der Waals surface area contributed by atoms with Crippen LogP contribution in [-0.2, 0) is 0 Å². The molecule has 0 bridgehead atoms. The van der Waals surface area contributed by atoms with Crippen molar-refractivity contribution in [1.29, 1.82) is 0 Å². The molecule has 0 saturated heterocycles. The Morgan fingerprint density at radius 3 is 2.92 bits per heavy atom. The lowest BCUT2D eigenvalue weighted by molar-refractivity contribution is 0.111. The summed E-state index contributed by atoms with van der Waals surface area (Å²) in [7, 11) is 0. The first-order chi connectivity index (χ1) is 5.90. The number of carbonyl (C=O) groups is 1. The van der Waals surface area contributed by atoms with Gasteiger partial charge in [-0.15, -0.1) is 0 Å². The highest BCUT2D eigenvalue weighted by molar-refractivity contribution is 5.74. The fourth-order valence-corrected chi connectivity index (χ4v) is 0.961. The summed E-state index contributed by atoms with van der Waals surface area (Å²) in [5.74, 6) is 0. The second-order valence-corrected chi connectivity index (χ2v) is 2.30. The van der Waals surface area contributed by atoms with Crippen LogP contribution in [0.4, 0.5) is 0 Å². The highest BCUT2D eigenvalue weighted by Crippen LogP contribution is 2.12. The minimum Gasteiger partial charge on any atom is -0.351 e. The Morgan fingerprint density at radius 2 is 2.33 bits per heavy atom. The third-order valence-corrected chi connectivity index (χ3v) is 1.53. The zero-order valence-corrected chi connectivity index (χ0v) is 6.11. The van der Waals surface area contributed by atoms with Crippen LogP contribution in [0.25, 0.3) is 11.4 Å². The van der Waals surface area contributed by atoms with Crippen molar-refractivity contribution in [2.75, 3.05) is 0 Å². The van der Waals surface area contributed by atoms with Gasteiger partial charge in [-0.2, -0.15) is 15.4 Å². The standard InChI is InChI=1S/C7H6N4O/c12-4-5-1-2-6(9-5)7-3-8-11-10-7/h1-4,9H,(H,8,10,11).